The molecule has 4 rings (SSSR count). The number of thioether (sulfide) groups is 1. The minimum Gasteiger partial charge on any atom is -0.342 e. The summed E-state index contributed by atoms with van der Waals surface area (Å²) in [5.74, 6) is 1.77. The molecule has 0 aromatic heterocycles. The van der Waals surface area contributed by atoms with E-state index < -0.39 is 0 Å². The van der Waals surface area contributed by atoms with E-state index in [4.69, 9.17) is 0 Å². The minimum atomic E-state index is 0.167. The van der Waals surface area contributed by atoms with Gasteiger partial charge in [0.25, 0.3) is 5.24 Å². The lowest BCUT2D eigenvalue weighted by Gasteiger charge is -2.62. The third-order valence-corrected chi connectivity index (χ3v) is 5.96. The molecule has 4 aliphatic rings. The van der Waals surface area contributed by atoms with Crippen molar-refractivity contribution in [1.82, 2.24) is 5.32 Å². The fraction of sp³-hybridized carbons (Fsp3) is 0.929. The van der Waals surface area contributed by atoms with Crippen LogP contribution in [-0.4, -0.2) is 17.0 Å². The largest absolute Gasteiger partial charge is 0.342 e. The molecule has 0 unspecified atom stereocenters. The maximum atomic E-state index is 11.7. The topological polar surface area (TPSA) is 29.1 Å². The van der Waals surface area contributed by atoms with E-state index in [-0.39, 0.29) is 10.8 Å². The van der Waals surface area contributed by atoms with Crippen LogP contribution in [0.15, 0.2) is 0 Å². The van der Waals surface area contributed by atoms with Crippen LogP contribution in [0.3, 0.4) is 0 Å². The average Bonchev–Trinajstić information content (AvgIpc) is 2.26. The Morgan fingerprint density at radius 1 is 1.29 bits per heavy atom. The molecule has 0 radical (unpaired) electrons. The van der Waals surface area contributed by atoms with Crippen LogP contribution in [0.2, 0.25) is 0 Å². The molecule has 1 N–H and O–H groups in total. The van der Waals surface area contributed by atoms with E-state index in [0.717, 1.165) is 11.8 Å². The van der Waals surface area contributed by atoms with E-state index in [1.165, 1.54) is 56.7 Å². The Balaban J connectivity index is 1.84. The third-order valence-electron chi connectivity index (χ3n) is 5.48. The molecule has 2 nitrogen and oxygen atoms in total. The van der Waals surface area contributed by atoms with E-state index in [1.54, 1.807) is 0 Å². The Kier molecular flexibility index (Phi) is 2.73. The molecule has 4 aliphatic carbocycles. The summed E-state index contributed by atoms with van der Waals surface area (Å²) in [6, 6.07) is 0. The summed E-state index contributed by atoms with van der Waals surface area (Å²) >= 11 is 1.33. The van der Waals surface area contributed by atoms with Crippen LogP contribution in [0, 0.1) is 17.3 Å². The van der Waals surface area contributed by atoms with Crippen LogP contribution in [0.5, 0.6) is 0 Å². The Bertz CT molecular complexity index is 327. The third kappa shape index (κ3) is 1.91. The number of rotatable bonds is 2. The Labute approximate surface area is 108 Å². The first-order valence-electron chi connectivity index (χ1n) is 6.95. The van der Waals surface area contributed by atoms with E-state index in [1.807, 2.05) is 6.26 Å². The van der Waals surface area contributed by atoms with E-state index in [9.17, 15) is 4.79 Å². The molecular weight excluding hydrogens is 230 g/mol. The maximum absolute atomic E-state index is 11.7. The van der Waals surface area contributed by atoms with Gasteiger partial charge in [-0.1, -0.05) is 25.1 Å². The van der Waals surface area contributed by atoms with Gasteiger partial charge in [0.05, 0.1) is 0 Å². The first-order chi connectivity index (χ1) is 8.09. The molecule has 1 amide bonds. The molecule has 2 atom stereocenters. The van der Waals surface area contributed by atoms with Gasteiger partial charge in [-0.15, -0.1) is 0 Å². The minimum absolute atomic E-state index is 0.167. The van der Waals surface area contributed by atoms with Crippen molar-refractivity contribution in [3.63, 3.8) is 0 Å². The van der Waals surface area contributed by atoms with Crippen LogP contribution < -0.4 is 5.32 Å². The van der Waals surface area contributed by atoms with Crippen LogP contribution in [-0.2, 0) is 0 Å². The number of hydrogen-bond donors (Lipinski definition) is 1. The van der Waals surface area contributed by atoms with Crippen LogP contribution in [0.4, 0.5) is 4.79 Å². The Hall–Kier alpha value is -0.180. The van der Waals surface area contributed by atoms with Crippen molar-refractivity contribution in [1.29, 1.82) is 0 Å². The summed E-state index contributed by atoms with van der Waals surface area (Å²) in [5.41, 5.74) is 0.732. The normalized spacial score (nSPS) is 47.2. The molecular formula is C14H23NOS. The molecule has 4 saturated carbocycles. The Morgan fingerprint density at radius 3 is 2.47 bits per heavy atom. The molecule has 4 fully saturated rings. The van der Waals surface area contributed by atoms with Gasteiger partial charge >= 0.3 is 0 Å². The standard InChI is InChI=1S/C14H23NOS/c1-3-13-5-10-4-11(6-13)8-14(7-10,9-13)15-12(16)17-2/h10-11H,3-9H2,1-2H3,(H,15,16)/t10-,11-,13?,14?/m0/s1. The number of nitrogens with one attached hydrogen (secondary N) is 1. The highest BCUT2D eigenvalue weighted by Gasteiger charge is 2.57. The second kappa shape index (κ2) is 3.91. The molecule has 0 aromatic carbocycles. The van der Waals surface area contributed by atoms with Gasteiger partial charge in [-0.2, -0.15) is 0 Å². The van der Waals surface area contributed by atoms with Gasteiger partial charge in [0.15, 0.2) is 0 Å². The number of amides is 1. The van der Waals surface area contributed by atoms with Crippen molar-refractivity contribution >= 4 is 17.0 Å². The zero-order chi connectivity index (χ0) is 12.1. The second-order valence-corrected chi connectivity index (χ2v) is 7.49. The molecule has 3 heteroatoms. The lowest BCUT2D eigenvalue weighted by molar-refractivity contribution is -0.0775. The fourth-order valence-corrected chi connectivity index (χ4v) is 5.60. The van der Waals surface area contributed by atoms with Crippen molar-refractivity contribution in [3.8, 4) is 0 Å². The van der Waals surface area contributed by atoms with Gasteiger partial charge in [0.1, 0.15) is 0 Å². The summed E-state index contributed by atoms with van der Waals surface area (Å²) in [4.78, 5) is 11.7. The summed E-state index contributed by atoms with van der Waals surface area (Å²) in [7, 11) is 0. The summed E-state index contributed by atoms with van der Waals surface area (Å²) in [6.07, 6.45) is 11.2. The summed E-state index contributed by atoms with van der Waals surface area (Å²) in [6.45, 7) is 2.34. The predicted molar refractivity (Wildman–Crippen MR) is 72.2 cm³/mol. The van der Waals surface area contributed by atoms with E-state index in [2.05, 4.69) is 12.2 Å². The van der Waals surface area contributed by atoms with Gasteiger partial charge in [0.2, 0.25) is 0 Å². The van der Waals surface area contributed by atoms with Crippen molar-refractivity contribution in [2.24, 2.45) is 17.3 Å². The van der Waals surface area contributed by atoms with Gasteiger partial charge in [0, 0.05) is 5.54 Å². The van der Waals surface area contributed by atoms with Crippen molar-refractivity contribution in [3.05, 3.63) is 0 Å². The highest BCUT2D eigenvalue weighted by Crippen LogP contribution is 2.62. The molecule has 0 heterocycles. The van der Waals surface area contributed by atoms with Crippen LogP contribution in [0.25, 0.3) is 0 Å². The lowest BCUT2D eigenvalue weighted by atomic mass is 9.46. The molecule has 0 aliphatic heterocycles. The van der Waals surface area contributed by atoms with Gasteiger partial charge in [-0.3, -0.25) is 4.79 Å². The van der Waals surface area contributed by atoms with Crippen molar-refractivity contribution < 1.29 is 4.79 Å². The monoisotopic (exact) mass is 253 g/mol. The highest BCUT2D eigenvalue weighted by atomic mass is 32.2. The van der Waals surface area contributed by atoms with E-state index >= 15 is 0 Å². The fourth-order valence-electron chi connectivity index (χ4n) is 5.28. The number of carbonyl (C=O) groups excluding carboxylic acids is 1. The quantitative estimate of drug-likeness (QED) is 0.811. The van der Waals surface area contributed by atoms with E-state index in [0.29, 0.717) is 5.41 Å². The zero-order valence-electron chi connectivity index (χ0n) is 10.9. The Morgan fingerprint density at radius 2 is 1.94 bits per heavy atom. The number of hydrogen-bond acceptors (Lipinski definition) is 2. The number of carbonyl (C=O) groups is 1. The first-order valence-corrected chi connectivity index (χ1v) is 8.17. The maximum Gasteiger partial charge on any atom is 0.279 e. The molecule has 0 spiro atoms. The first kappa shape index (κ1) is 11.9. The zero-order valence-corrected chi connectivity index (χ0v) is 11.7. The van der Waals surface area contributed by atoms with Gasteiger partial charge in [-0.25, -0.2) is 0 Å². The van der Waals surface area contributed by atoms with Gasteiger partial charge in [-0.05, 0) is 62.0 Å². The van der Waals surface area contributed by atoms with Crippen LogP contribution >= 0.6 is 11.8 Å². The molecule has 0 aromatic rings. The highest BCUT2D eigenvalue weighted by molar-refractivity contribution is 8.12. The summed E-state index contributed by atoms with van der Waals surface area (Å²) < 4.78 is 0. The average molecular weight is 253 g/mol. The molecule has 0 saturated heterocycles. The van der Waals surface area contributed by atoms with Crippen LogP contribution in [0.1, 0.15) is 51.9 Å². The SMILES string of the molecule is CCC12C[C@@H]3C[C@@H](C1)CC(NC(=O)SC)(C3)C2. The molecule has 17 heavy (non-hydrogen) atoms. The molecule has 96 valence electrons. The lowest BCUT2D eigenvalue weighted by Crippen LogP contribution is -2.62. The summed E-state index contributed by atoms with van der Waals surface area (Å²) in [5, 5.41) is 3.54. The van der Waals surface area contributed by atoms with Crippen molar-refractivity contribution in [2.45, 2.75) is 57.4 Å². The molecule has 4 bridgehead atoms. The van der Waals surface area contributed by atoms with Crippen molar-refractivity contribution in [2.75, 3.05) is 6.26 Å². The smallest absolute Gasteiger partial charge is 0.279 e. The van der Waals surface area contributed by atoms with Gasteiger partial charge < -0.3 is 5.32 Å². The predicted octanol–water partition coefficient (Wildman–Crippen LogP) is 3.81. The second-order valence-electron chi connectivity index (χ2n) is 6.71.